The molecule has 7 nitrogen and oxygen atoms in total. The van der Waals surface area contributed by atoms with Crippen molar-refractivity contribution in [3.05, 3.63) is 53.6 Å². The Morgan fingerprint density at radius 3 is 2.18 bits per heavy atom. The van der Waals surface area contributed by atoms with Gasteiger partial charge >= 0.3 is 11.9 Å². The van der Waals surface area contributed by atoms with Crippen molar-refractivity contribution in [3.63, 3.8) is 0 Å². The Hall–Kier alpha value is -3.22. The minimum absolute atomic E-state index is 0.0427. The number of phenols is 1. The summed E-state index contributed by atoms with van der Waals surface area (Å²) in [5.74, 6) is -1.88. The summed E-state index contributed by atoms with van der Waals surface area (Å²) in [5, 5.41) is 26.2. The number of benzene rings is 2. The van der Waals surface area contributed by atoms with E-state index in [1.807, 2.05) is 0 Å². The maximum atomic E-state index is 11.3. The molecule has 2 N–H and O–H groups in total. The number of aromatic hydroxyl groups is 1. The highest BCUT2D eigenvalue weighted by Gasteiger charge is 2.07. The van der Waals surface area contributed by atoms with Crippen molar-refractivity contribution in [1.29, 1.82) is 0 Å². The summed E-state index contributed by atoms with van der Waals surface area (Å²) < 4.78 is 4.58. The van der Waals surface area contributed by atoms with Crippen LogP contribution in [0.1, 0.15) is 20.7 Å². The van der Waals surface area contributed by atoms with Gasteiger partial charge in [-0.1, -0.05) is 0 Å². The predicted molar refractivity (Wildman–Crippen MR) is 77.0 cm³/mol. The highest BCUT2D eigenvalue weighted by atomic mass is 16.5. The number of carbonyl (C=O) groups excluding carboxylic acids is 1. The van der Waals surface area contributed by atoms with Gasteiger partial charge in [0, 0.05) is 0 Å². The number of nitrogens with zero attached hydrogens (tertiary/aromatic N) is 2. The van der Waals surface area contributed by atoms with Crippen molar-refractivity contribution in [2.24, 2.45) is 10.2 Å². The van der Waals surface area contributed by atoms with E-state index in [0.29, 0.717) is 11.3 Å². The Morgan fingerprint density at radius 2 is 1.64 bits per heavy atom. The summed E-state index contributed by atoms with van der Waals surface area (Å²) in [6.07, 6.45) is 0. The SMILES string of the molecule is COC(=O)c1ccc(/N=N/c2ccc(C(=O)O)cc2O)cc1. The van der Waals surface area contributed by atoms with Crippen LogP contribution in [0.3, 0.4) is 0 Å². The van der Waals surface area contributed by atoms with Crippen LogP contribution in [0.15, 0.2) is 52.7 Å². The first-order valence-corrected chi connectivity index (χ1v) is 6.17. The first kappa shape index (κ1) is 15.2. The highest BCUT2D eigenvalue weighted by Crippen LogP contribution is 2.29. The Labute approximate surface area is 125 Å². The second-order valence-electron chi connectivity index (χ2n) is 4.25. The van der Waals surface area contributed by atoms with E-state index >= 15 is 0 Å². The smallest absolute Gasteiger partial charge is 0.337 e. The molecular formula is C15H12N2O5. The van der Waals surface area contributed by atoms with Gasteiger partial charge in [0.1, 0.15) is 11.4 Å². The van der Waals surface area contributed by atoms with Crippen LogP contribution >= 0.6 is 0 Å². The number of azo groups is 1. The molecule has 0 saturated heterocycles. The molecule has 2 aromatic rings. The van der Waals surface area contributed by atoms with Gasteiger partial charge in [-0.25, -0.2) is 9.59 Å². The van der Waals surface area contributed by atoms with Crippen molar-refractivity contribution >= 4 is 23.3 Å². The Kier molecular flexibility index (Phi) is 4.47. The summed E-state index contributed by atoms with van der Waals surface area (Å²) in [6, 6.07) is 9.97. The van der Waals surface area contributed by atoms with Crippen molar-refractivity contribution < 1.29 is 24.5 Å². The van der Waals surface area contributed by atoms with Crippen LogP contribution in [-0.2, 0) is 4.74 Å². The molecule has 0 saturated carbocycles. The fraction of sp³-hybridized carbons (Fsp3) is 0.0667. The molecule has 2 rings (SSSR count). The van der Waals surface area contributed by atoms with E-state index in [4.69, 9.17) is 5.11 Å². The van der Waals surface area contributed by atoms with Crippen LogP contribution in [0.2, 0.25) is 0 Å². The first-order chi connectivity index (χ1) is 10.5. The van der Waals surface area contributed by atoms with Crippen LogP contribution in [0.4, 0.5) is 11.4 Å². The molecule has 0 aliphatic carbocycles. The molecular weight excluding hydrogens is 288 g/mol. The molecule has 2 aromatic carbocycles. The average Bonchev–Trinajstić information content (AvgIpc) is 2.53. The number of carboxylic acids is 1. The lowest BCUT2D eigenvalue weighted by atomic mass is 10.2. The quantitative estimate of drug-likeness (QED) is 0.665. The van der Waals surface area contributed by atoms with E-state index in [9.17, 15) is 14.7 Å². The standard InChI is InChI=1S/C15H12N2O5/c1-22-15(21)9-2-5-11(6-3-9)16-17-12-7-4-10(14(19)20)8-13(12)18/h2-8,18H,1H3,(H,19,20)/b17-16+. The normalized spacial score (nSPS) is 10.6. The largest absolute Gasteiger partial charge is 0.506 e. The summed E-state index contributed by atoms with van der Waals surface area (Å²) >= 11 is 0. The fourth-order valence-electron chi connectivity index (χ4n) is 1.63. The second-order valence-corrected chi connectivity index (χ2v) is 4.25. The van der Waals surface area contributed by atoms with Crippen LogP contribution < -0.4 is 0 Å². The number of ether oxygens (including phenoxy) is 1. The van der Waals surface area contributed by atoms with Gasteiger partial charge < -0.3 is 14.9 Å². The van der Waals surface area contributed by atoms with Gasteiger partial charge in [0.2, 0.25) is 0 Å². The van der Waals surface area contributed by atoms with E-state index in [1.165, 1.54) is 31.4 Å². The molecule has 0 unspecified atom stereocenters. The number of hydrogen-bond acceptors (Lipinski definition) is 6. The molecule has 0 spiro atoms. The number of rotatable bonds is 4. The molecule has 112 valence electrons. The predicted octanol–water partition coefficient (Wildman–Crippen LogP) is 3.29. The lowest BCUT2D eigenvalue weighted by molar-refractivity contribution is 0.0600. The third kappa shape index (κ3) is 3.45. The molecule has 0 aliphatic heterocycles. The average molecular weight is 300 g/mol. The number of phenolic OH excluding ortho intramolecular Hbond substituents is 1. The lowest BCUT2D eigenvalue weighted by Gasteiger charge is -2.00. The zero-order valence-electron chi connectivity index (χ0n) is 11.6. The molecule has 0 fully saturated rings. The van der Waals surface area contributed by atoms with Crippen LogP contribution in [0, 0.1) is 0 Å². The number of carbonyl (C=O) groups is 2. The molecule has 0 heterocycles. The minimum atomic E-state index is -1.14. The monoisotopic (exact) mass is 300 g/mol. The van der Waals surface area contributed by atoms with Gasteiger partial charge in [0.15, 0.2) is 0 Å². The van der Waals surface area contributed by atoms with Crippen molar-refractivity contribution in [1.82, 2.24) is 0 Å². The number of hydrogen-bond donors (Lipinski definition) is 2. The number of carboxylic acid groups (broad SMARTS) is 1. The number of esters is 1. The molecule has 0 aliphatic rings. The number of methoxy groups -OCH3 is 1. The summed E-state index contributed by atoms with van der Waals surface area (Å²) in [4.78, 5) is 22.0. The molecule has 0 amide bonds. The van der Waals surface area contributed by atoms with Gasteiger partial charge in [-0.2, -0.15) is 5.11 Å². The van der Waals surface area contributed by atoms with E-state index in [-0.39, 0.29) is 17.0 Å². The van der Waals surface area contributed by atoms with Gasteiger partial charge in [-0.3, -0.25) is 0 Å². The zero-order chi connectivity index (χ0) is 16.1. The minimum Gasteiger partial charge on any atom is -0.506 e. The molecule has 0 radical (unpaired) electrons. The van der Waals surface area contributed by atoms with Gasteiger partial charge in [0.05, 0.1) is 23.9 Å². The van der Waals surface area contributed by atoms with E-state index in [0.717, 1.165) is 6.07 Å². The topological polar surface area (TPSA) is 109 Å². The third-order valence-corrected chi connectivity index (χ3v) is 2.78. The van der Waals surface area contributed by atoms with Crippen molar-refractivity contribution in [2.45, 2.75) is 0 Å². The van der Waals surface area contributed by atoms with E-state index < -0.39 is 11.9 Å². The Balaban J connectivity index is 2.18. The van der Waals surface area contributed by atoms with E-state index in [2.05, 4.69) is 15.0 Å². The summed E-state index contributed by atoms with van der Waals surface area (Å²) in [7, 11) is 1.29. The highest BCUT2D eigenvalue weighted by molar-refractivity contribution is 5.89. The lowest BCUT2D eigenvalue weighted by Crippen LogP contribution is -1.99. The zero-order valence-corrected chi connectivity index (χ0v) is 11.6. The number of aromatic carboxylic acids is 1. The molecule has 0 bridgehead atoms. The first-order valence-electron chi connectivity index (χ1n) is 6.17. The maximum absolute atomic E-state index is 11.3. The van der Waals surface area contributed by atoms with Gasteiger partial charge in [-0.15, -0.1) is 5.11 Å². The third-order valence-electron chi connectivity index (χ3n) is 2.78. The molecule has 7 heteroatoms. The summed E-state index contributed by atoms with van der Waals surface area (Å²) in [6.45, 7) is 0. The second kappa shape index (κ2) is 6.49. The van der Waals surface area contributed by atoms with E-state index in [1.54, 1.807) is 12.1 Å². The van der Waals surface area contributed by atoms with Crippen LogP contribution in [-0.4, -0.2) is 29.3 Å². The van der Waals surface area contributed by atoms with Crippen LogP contribution in [0.25, 0.3) is 0 Å². The van der Waals surface area contributed by atoms with Crippen LogP contribution in [0.5, 0.6) is 5.75 Å². The molecule has 0 aromatic heterocycles. The Bertz CT molecular complexity index is 738. The van der Waals surface area contributed by atoms with Gasteiger partial charge in [-0.05, 0) is 42.5 Å². The van der Waals surface area contributed by atoms with Gasteiger partial charge in [0.25, 0.3) is 0 Å². The Morgan fingerprint density at radius 1 is 1.00 bits per heavy atom. The van der Waals surface area contributed by atoms with Crippen molar-refractivity contribution in [2.75, 3.05) is 7.11 Å². The fourth-order valence-corrected chi connectivity index (χ4v) is 1.63. The maximum Gasteiger partial charge on any atom is 0.337 e. The van der Waals surface area contributed by atoms with Crippen molar-refractivity contribution in [3.8, 4) is 5.75 Å². The molecule has 22 heavy (non-hydrogen) atoms. The summed E-state index contributed by atoms with van der Waals surface area (Å²) in [5.41, 5.74) is 0.949. The molecule has 0 atom stereocenters.